The first kappa shape index (κ1) is 15.1. The van der Waals surface area contributed by atoms with Crippen LogP contribution in [0.25, 0.3) is 0 Å². The van der Waals surface area contributed by atoms with Crippen molar-refractivity contribution in [1.29, 1.82) is 0 Å². The molecule has 2 rings (SSSR count). The Bertz CT molecular complexity index is 542. The zero-order valence-electron chi connectivity index (χ0n) is 11.4. The van der Waals surface area contributed by atoms with Crippen molar-refractivity contribution in [3.63, 3.8) is 0 Å². The lowest BCUT2D eigenvalue weighted by Gasteiger charge is -2.18. The van der Waals surface area contributed by atoms with E-state index in [0.717, 1.165) is 35.1 Å². The Morgan fingerprint density at radius 1 is 1.30 bits per heavy atom. The number of aromatic nitrogens is 1. The van der Waals surface area contributed by atoms with Crippen molar-refractivity contribution < 1.29 is 4.39 Å². The highest BCUT2D eigenvalue weighted by Gasteiger charge is 2.13. The largest absolute Gasteiger partial charge is 0.308 e. The molecule has 0 radical (unpaired) electrons. The van der Waals surface area contributed by atoms with Crippen molar-refractivity contribution in [3.8, 4) is 0 Å². The van der Waals surface area contributed by atoms with E-state index in [1.807, 2.05) is 18.2 Å². The Labute approximate surface area is 127 Å². The lowest BCUT2D eigenvalue weighted by Crippen LogP contribution is -2.25. The molecule has 2 aromatic rings. The van der Waals surface area contributed by atoms with Crippen molar-refractivity contribution in [1.82, 2.24) is 10.3 Å². The molecule has 1 aromatic carbocycles. The maximum atomic E-state index is 13.3. The molecule has 106 valence electrons. The minimum atomic E-state index is -0.194. The standard InChI is InChI=1S/C16H18BrFN2/c1-2-8-19-16(15-7-6-13(17)11-20-15)10-12-4-3-5-14(18)9-12/h3-7,9,11,16,19H,2,8,10H2,1H3. The molecule has 0 amide bonds. The molecule has 0 aliphatic heterocycles. The third-order valence-electron chi connectivity index (χ3n) is 3.08. The number of rotatable bonds is 6. The summed E-state index contributed by atoms with van der Waals surface area (Å²) in [4.78, 5) is 4.45. The second-order valence-corrected chi connectivity index (χ2v) is 5.66. The van der Waals surface area contributed by atoms with Crippen LogP contribution in [0.5, 0.6) is 0 Å². The number of halogens is 2. The monoisotopic (exact) mass is 336 g/mol. The van der Waals surface area contributed by atoms with Crippen LogP contribution in [0.2, 0.25) is 0 Å². The molecule has 20 heavy (non-hydrogen) atoms. The summed E-state index contributed by atoms with van der Waals surface area (Å²) >= 11 is 3.39. The molecule has 0 aliphatic rings. The highest BCUT2D eigenvalue weighted by molar-refractivity contribution is 9.10. The van der Waals surface area contributed by atoms with Crippen LogP contribution in [0.15, 0.2) is 47.1 Å². The van der Waals surface area contributed by atoms with Crippen molar-refractivity contribution in [3.05, 3.63) is 64.1 Å². The van der Waals surface area contributed by atoms with Crippen LogP contribution in [0, 0.1) is 5.82 Å². The molecule has 1 aromatic heterocycles. The van der Waals surface area contributed by atoms with E-state index in [1.54, 1.807) is 18.3 Å². The zero-order chi connectivity index (χ0) is 14.4. The van der Waals surface area contributed by atoms with Crippen molar-refractivity contribution in [2.45, 2.75) is 25.8 Å². The van der Waals surface area contributed by atoms with Gasteiger partial charge in [-0.15, -0.1) is 0 Å². The predicted molar refractivity (Wildman–Crippen MR) is 83.1 cm³/mol. The van der Waals surface area contributed by atoms with E-state index in [9.17, 15) is 4.39 Å². The SMILES string of the molecule is CCCNC(Cc1cccc(F)c1)c1ccc(Br)cn1. The molecule has 0 saturated heterocycles. The molecule has 0 spiro atoms. The fourth-order valence-electron chi connectivity index (χ4n) is 2.09. The highest BCUT2D eigenvalue weighted by atomic mass is 79.9. The molecule has 1 atom stereocenters. The van der Waals surface area contributed by atoms with Gasteiger partial charge in [-0.3, -0.25) is 4.98 Å². The first-order valence-corrected chi connectivity index (χ1v) is 7.57. The Hall–Kier alpha value is -1.26. The molecular formula is C16H18BrFN2. The van der Waals surface area contributed by atoms with Gasteiger partial charge in [0.2, 0.25) is 0 Å². The Morgan fingerprint density at radius 3 is 2.80 bits per heavy atom. The van der Waals surface area contributed by atoms with Gasteiger partial charge in [0.25, 0.3) is 0 Å². The van der Waals surface area contributed by atoms with E-state index >= 15 is 0 Å². The van der Waals surface area contributed by atoms with Crippen LogP contribution in [0.3, 0.4) is 0 Å². The lowest BCUT2D eigenvalue weighted by atomic mass is 10.0. The molecule has 0 aliphatic carbocycles. The molecule has 0 fully saturated rings. The van der Waals surface area contributed by atoms with Gasteiger partial charge in [0.1, 0.15) is 5.82 Å². The minimum Gasteiger partial charge on any atom is -0.308 e. The first-order chi connectivity index (χ1) is 9.69. The van der Waals surface area contributed by atoms with E-state index < -0.39 is 0 Å². The Morgan fingerprint density at radius 2 is 2.15 bits per heavy atom. The van der Waals surface area contributed by atoms with Gasteiger partial charge in [-0.1, -0.05) is 19.1 Å². The van der Waals surface area contributed by atoms with Gasteiger partial charge in [-0.2, -0.15) is 0 Å². The zero-order valence-corrected chi connectivity index (χ0v) is 13.0. The molecule has 4 heteroatoms. The van der Waals surface area contributed by atoms with Crippen LogP contribution in [-0.4, -0.2) is 11.5 Å². The molecule has 1 N–H and O–H groups in total. The average molecular weight is 337 g/mol. The Kier molecular flexibility index (Phi) is 5.68. The summed E-state index contributed by atoms with van der Waals surface area (Å²) in [7, 11) is 0. The van der Waals surface area contributed by atoms with Crippen LogP contribution >= 0.6 is 15.9 Å². The van der Waals surface area contributed by atoms with Crippen LogP contribution in [0.4, 0.5) is 4.39 Å². The smallest absolute Gasteiger partial charge is 0.123 e. The van der Waals surface area contributed by atoms with Gasteiger partial charge < -0.3 is 5.32 Å². The van der Waals surface area contributed by atoms with Crippen molar-refractivity contribution in [2.75, 3.05) is 6.54 Å². The third-order valence-corrected chi connectivity index (χ3v) is 3.55. The van der Waals surface area contributed by atoms with Gasteiger partial charge in [0.05, 0.1) is 11.7 Å². The van der Waals surface area contributed by atoms with E-state index in [4.69, 9.17) is 0 Å². The fourth-order valence-corrected chi connectivity index (χ4v) is 2.33. The van der Waals surface area contributed by atoms with E-state index in [-0.39, 0.29) is 11.9 Å². The Balaban J connectivity index is 2.16. The first-order valence-electron chi connectivity index (χ1n) is 6.78. The summed E-state index contributed by atoms with van der Waals surface area (Å²) in [5.41, 5.74) is 1.95. The molecule has 0 saturated carbocycles. The number of hydrogen-bond donors (Lipinski definition) is 1. The minimum absolute atomic E-state index is 0.102. The number of pyridine rings is 1. The number of nitrogens with zero attached hydrogens (tertiary/aromatic N) is 1. The van der Waals surface area contributed by atoms with E-state index in [0.29, 0.717) is 0 Å². The summed E-state index contributed by atoms with van der Waals surface area (Å²) in [5, 5.41) is 3.47. The van der Waals surface area contributed by atoms with Crippen LogP contribution in [-0.2, 0) is 6.42 Å². The molecule has 2 nitrogen and oxygen atoms in total. The number of nitrogens with one attached hydrogen (secondary N) is 1. The van der Waals surface area contributed by atoms with Crippen LogP contribution in [0.1, 0.15) is 30.6 Å². The van der Waals surface area contributed by atoms with E-state index in [2.05, 4.69) is 33.2 Å². The maximum absolute atomic E-state index is 13.3. The number of hydrogen-bond acceptors (Lipinski definition) is 2. The molecule has 0 bridgehead atoms. The summed E-state index contributed by atoms with van der Waals surface area (Å²) < 4.78 is 14.2. The lowest BCUT2D eigenvalue weighted by molar-refractivity contribution is 0.516. The van der Waals surface area contributed by atoms with Crippen LogP contribution < -0.4 is 5.32 Å². The summed E-state index contributed by atoms with van der Waals surface area (Å²) in [5.74, 6) is -0.194. The second-order valence-electron chi connectivity index (χ2n) is 4.74. The maximum Gasteiger partial charge on any atom is 0.123 e. The quantitative estimate of drug-likeness (QED) is 0.852. The topological polar surface area (TPSA) is 24.9 Å². The second kappa shape index (κ2) is 7.50. The van der Waals surface area contributed by atoms with E-state index in [1.165, 1.54) is 6.07 Å². The normalized spacial score (nSPS) is 12.3. The number of benzene rings is 1. The predicted octanol–water partition coefficient (Wildman–Crippen LogP) is 4.27. The van der Waals surface area contributed by atoms with Gasteiger partial charge in [0, 0.05) is 10.7 Å². The summed E-state index contributed by atoms with van der Waals surface area (Å²) in [6.07, 6.45) is 3.57. The summed E-state index contributed by atoms with van der Waals surface area (Å²) in [6.45, 7) is 3.04. The third kappa shape index (κ3) is 4.39. The highest BCUT2D eigenvalue weighted by Crippen LogP contribution is 2.19. The average Bonchev–Trinajstić information content (AvgIpc) is 2.44. The van der Waals surface area contributed by atoms with Gasteiger partial charge >= 0.3 is 0 Å². The van der Waals surface area contributed by atoms with Gasteiger partial charge in [0.15, 0.2) is 0 Å². The molecular weight excluding hydrogens is 319 g/mol. The van der Waals surface area contributed by atoms with Crippen molar-refractivity contribution in [2.24, 2.45) is 0 Å². The fraction of sp³-hybridized carbons (Fsp3) is 0.312. The van der Waals surface area contributed by atoms with Gasteiger partial charge in [-0.25, -0.2) is 4.39 Å². The summed E-state index contributed by atoms with van der Waals surface area (Å²) in [6, 6.07) is 10.8. The van der Waals surface area contributed by atoms with Gasteiger partial charge in [-0.05, 0) is 65.1 Å². The molecule has 1 heterocycles. The van der Waals surface area contributed by atoms with Crippen molar-refractivity contribution >= 4 is 15.9 Å². The molecule has 1 unspecified atom stereocenters.